The predicted octanol–water partition coefficient (Wildman–Crippen LogP) is 8.12. The topological polar surface area (TPSA) is 84.7 Å². The van der Waals surface area contributed by atoms with Crippen LogP contribution in [0.4, 0.5) is 0 Å². The third-order valence-corrected chi connectivity index (χ3v) is 8.42. The summed E-state index contributed by atoms with van der Waals surface area (Å²) in [6.07, 6.45) is 13.2. The Kier molecular flexibility index (Phi) is 12.2. The van der Waals surface area contributed by atoms with Gasteiger partial charge < -0.3 is 9.84 Å². The second-order valence-electron chi connectivity index (χ2n) is 10.4. The lowest BCUT2D eigenvalue weighted by molar-refractivity contribution is -0.137. The van der Waals surface area contributed by atoms with E-state index in [4.69, 9.17) is 27.2 Å². The first-order chi connectivity index (χ1) is 20.5. The number of hydrogen-bond donors (Lipinski definition) is 1. The highest BCUT2D eigenvalue weighted by atomic mass is 32.2. The molecule has 0 unspecified atom stereocenters. The number of benzene rings is 2. The van der Waals surface area contributed by atoms with Crippen molar-refractivity contribution in [2.75, 3.05) is 13.2 Å². The predicted molar refractivity (Wildman–Crippen MR) is 174 cm³/mol. The van der Waals surface area contributed by atoms with Gasteiger partial charge in [-0.3, -0.25) is 14.5 Å². The summed E-state index contributed by atoms with van der Waals surface area (Å²) in [5.41, 5.74) is 3.52. The van der Waals surface area contributed by atoms with Crippen molar-refractivity contribution < 1.29 is 19.4 Å². The maximum Gasteiger partial charge on any atom is 0.303 e. The number of thiocarbonyl (C=S) groups is 1. The lowest BCUT2D eigenvalue weighted by Crippen LogP contribution is -2.29. The molecule has 1 saturated heterocycles. The van der Waals surface area contributed by atoms with Gasteiger partial charge in [-0.2, -0.15) is 5.10 Å². The van der Waals surface area contributed by atoms with E-state index in [1.54, 1.807) is 4.90 Å². The fourth-order valence-electron chi connectivity index (χ4n) is 4.80. The maximum absolute atomic E-state index is 13.4. The number of carboxylic acids is 1. The summed E-state index contributed by atoms with van der Waals surface area (Å²) in [7, 11) is 0. The van der Waals surface area contributed by atoms with Crippen LogP contribution in [0.3, 0.4) is 0 Å². The molecule has 0 atom stereocenters. The normalized spacial score (nSPS) is 14.2. The highest BCUT2D eigenvalue weighted by Gasteiger charge is 2.32. The van der Waals surface area contributed by atoms with Crippen LogP contribution in [0.25, 0.3) is 23.0 Å². The highest BCUT2D eigenvalue weighted by molar-refractivity contribution is 8.26. The van der Waals surface area contributed by atoms with E-state index in [-0.39, 0.29) is 12.3 Å². The fraction of sp³-hybridized carbons (Fsp3) is 0.394. The van der Waals surface area contributed by atoms with Crippen molar-refractivity contribution >= 4 is 46.3 Å². The van der Waals surface area contributed by atoms with Crippen molar-refractivity contribution in [3.8, 4) is 22.7 Å². The number of carbonyl (C=O) groups is 2. The molecular weight excluding hydrogens is 567 g/mol. The Morgan fingerprint density at radius 3 is 2.31 bits per heavy atom. The van der Waals surface area contributed by atoms with Crippen molar-refractivity contribution in [1.29, 1.82) is 0 Å². The molecule has 1 aliphatic heterocycles. The van der Waals surface area contributed by atoms with E-state index < -0.39 is 5.97 Å². The molecule has 1 aromatic heterocycles. The Hall–Kier alpha value is -3.43. The van der Waals surface area contributed by atoms with Crippen LogP contribution in [0.5, 0.6) is 5.75 Å². The van der Waals surface area contributed by atoms with E-state index in [1.807, 2.05) is 71.6 Å². The minimum absolute atomic E-state index is 0.0508. The third kappa shape index (κ3) is 9.03. The number of para-hydroxylation sites is 1. The first-order valence-electron chi connectivity index (χ1n) is 14.8. The van der Waals surface area contributed by atoms with Gasteiger partial charge in [-0.25, -0.2) is 4.68 Å². The van der Waals surface area contributed by atoms with E-state index >= 15 is 0 Å². The molecule has 9 heteroatoms. The summed E-state index contributed by atoms with van der Waals surface area (Å²) in [6, 6.07) is 17.8. The Bertz CT molecular complexity index is 1370. The van der Waals surface area contributed by atoms with Crippen molar-refractivity contribution in [3.63, 3.8) is 0 Å². The molecule has 222 valence electrons. The molecule has 0 spiro atoms. The standard InChI is InChI=1S/C33H39N3O4S2/c1-2-22-40-28-19-17-25(18-20-28)31-26(24-36(34-31)27-14-10-9-11-15-27)23-29-32(39)35(33(41)42-29)21-13-8-6-4-3-5-7-12-16-30(37)38/h9-11,14-15,17-20,23-24H,2-8,12-13,16,21-22H2,1H3,(H,37,38). The summed E-state index contributed by atoms with van der Waals surface area (Å²) in [6.45, 7) is 3.37. The van der Waals surface area contributed by atoms with Crippen LogP contribution in [0.2, 0.25) is 0 Å². The van der Waals surface area contributed by atoms with E-state index in [2.05, 4.69) is 6.92 Å². The fourth-order valence-corrected chi connectivity index (χ4v) is 6.10. The van der Waals surface area contributed by atoms with Gasteiger partial charge in [0.1, 0.15) is 10.1 Å². The van der Waals surface area contributed by atoms with Gasteiger partial charge in [0, 0.05) is 30.3 Å². The molecular formula is C33H39N3O4S2. The number of carboxylic acid groups (broad SMARTS) is 1. The molecule has 0 aliphatic carbocycles. The highest BCUT2D eigenvalue weighted by Crippen LogP contribution is 2.35. The summed E-state index contributed by atoms with van der Waals surface area (Å²) in [4.78, 5) is 26.3. The molecule has 4 rings (SSSR count). The van der Waals surface area contributed by atoms with Crippen molar-refractivity contribution in [2.24, 2.45) is 0 Å². The van der Waals surface area contributed by atoms with Gasteiger partial charge in [-0.15, -0.1) is 0 Å². The molecule has 0 radical (unpaired) electrons. The Balaban J connectivity index is 1.39. The van der Waals surface area contributed by atoms with Crippen molar-refractivity contribution in [3.05, 3.63) is 71.3 Å². The van der Waals surface area contributed by atoms with Gasteiger partial charge in [-0.05, 0) is 61.7 Å². The number of thioether (sulfide) groups is 1. The van der Waals surface area contributed by atoms with Gasteiger partial charge in [-0.1, -0.05) is 87.6 Å². The molecule has 1 N–H and O–H groups in total. The minimum atomic E-state index is -0.716. The molecule has 1 fully saturated rings. The zero-order valence-electron chi connectivity index (χ0n) is 24.2. The molecule has 0 bridgehead atoms. The van der Waals surface area contributed by atoms with Crippen LogP contribution >= 0.6 is 24.0 Å². The first kappa shape index (κ1) is 31.5. The molecule has 2 heterocycles. The molecule has 42 heavy (non-hydrogen) atoms. The average molecular weight is 606 g/mol. The van der Waals surface area contributed by atoms with Crippen LogP contribution in [-0.4, -0.2) is 49.1 Å². The van der Waals surface area contributed by atoms with Crippen LogP contribution in [0.15, 0.2) is 65.7 Å². The average Bonchev–Trinajstić information content (AvgIpc) is 3.53. The van der Waals surface area contributed by atoms with Crippen LogP contribution in [0, 0.1) is 0 Å². The second kappa shape index (κ2) is 16.3. The van der Waals surface area contributed by atoms with Crippen molar-refractivity contribution in [1.82, 2.24) is 14.7 Å². The lowest BCUT2D eigenvalue weighted by Gasteiger charge is -2.14. The van der Waals surface area contributed by atoms with E-state index in [0.717, 1.165) is 86.0 Å². The van der Waals surface area contributed by atoms with Gasteiger partial charge in [0.2, 0.25) is 0 Å². The molecule has 0 saturated carbocycles. The van der Waals surface area contributed by atoms with Crippen LogP contribution < -0.4 is 4.74 Å². The molecule has 1 aliphatic rings. The molecule has 1 amide bonds. The van der Waals surface area contributed by atoms with Crippen LogP contribution in [-0.2, 0) is 9.59 Å². The SMILES string of the molecule is CCCOc1ccc(-c2nn(-c3ccccc3)cc2C=C2SC(=S)N(CCCCCCCCCCC(=O)O)C2=O)cc1. The van der Waals surface area contributed by atoms with Gasteiger partial charge in [0.15, 0.2) is 0 Å². The zero-order valence-corrected chi connectivity index (χ0v) is 25.8. The van der Waals surface area contributed by atoms with E-state index in [1.165, 1.54) is 11.8 Å². The number of carbonyl (C=O) groups excluding carboxylic acids is 1. The Morgan fingerprint density at radius 1 is 0.976 bits per heavy atom. The number of aromatic nitrogens is 2. The summed E-state index contributed by atoms with van der Waals surface area (Å²) in [5.74, 6) is 0.0534. The largest absolute Gasteiger partial charge is 0.494 e. The second-order valence-corrected chi connectivity index (χ2v) is 12.1. The first-order valence-corrected chi connectivity index (χ1v) is 16.0. The number of nitrogens with zero attached hydrogens (tertiary/aromatic N) is 3. The number of aliphatic carboxylic acids is 1. The number of ether oxygens (including phenoxy) is 1. The summed E-state index contributed by atoms with van der Waals surface area (Å²) >= 11 is 6.95. The van der Waals surface area contributed by atoms with E-state index in [0.29, 0.717) is 22.4 Å². The third-order valence-electron chi connectivity index (χ3n) is 7.05. The Morgan fingerprint density at radius 2 is 1.64 bits per heavy atom. The maximum atomic E-state index is 13.4. The summed E-state index contributed by atoms with van der Waals surface area (Å²) < 4.78 is 8.19. The monoisotopic (exact) mass is 605 g/mol. The van der Waals surface area contributed by atoms with Crippen LogP contribution in [0.1, 0.15) is 76.7 Å². The number of unbranched alkanes of at least 4 members (excludes halogenated alkanes) is 7. The Labute approximate surface area is 257 Å². The van der Waals surface area contributed by atoms with Gasteiger partial charge >= 0.3 is 5.97 Å². The number of rotatable bonds is 17. The molecule has 7 nitrogen and oxygen atoms in total. The molecule has 3 aromatic rings. The minimum Gasteiger partial charge on any atom is -0.494 e. The smallest absolute Gasteiger partial charge is 0.303 e. The van der Waals surface area contributed by atoms with Gasteiger partial charge in [0.05, 0.1) is 22.9 Å². The van der Waals surface area contributed by atoms with E-state index in [9.17, 15) is 9.59 Å². The van der Waals surface area contributed by atoms with Crippen molar-refractivity contribution in [2.45, 2.75) is 71.1 Å². The zero-order chi connectivity index (χ0) is 29.7. The summed E-state index contributed by atoms with van der Waals surface area (Å²) in [5, 5.41) is 13.6. The molecule has 2 aromatic carbocycles. The quantitative estimate of drug-likeness (QED) is 0.0945. The van der Waals surface area contributed by atoms with Gasteiger partial charge in [0.25, 0.3) is 5.91 Å². The number of hydrogen-bond acceptors (Lipinski definition) is 6. The number of amides is 1. The lowest BCUT2D eigenvalue weighted by atomic mass is 10.1.